The first-order valence-corrected chi connectivity index (χ1v) is 6.72. The molecule has 0 amide bonds. The van der Waals surface area contributed by atoms with E-state index in [9.17, 15) is 0 Å². The third-order valence-corrected chi connectivity index (χ3v) is 3.90. The lowest BCUT2D eigenvalue weighted by atomic mass is 9.80. The minimum absolute atomic E-state index is 0.140. The molecule has 2 N–H and O–H groups in total. The fourth-order valence-electron chi connectivity index (χ4n) is 2.42. The summed E-state index contributed by atoms with van der Waals surface area (Å²) < 4.78 is 0. The molecule has 1 aliphatic rings. The monoisotopic (exact) mass is 248 g/mol. The van der Waals surface area contributed by atoms with Crippen LogP contribution in [-0.4, -0.2) is 29.1 Å². The van der Waals surface area contributed by atoms with Crippen LogP contribution in [0.1, 0.15) is 45.7 Å². The van der Waals surface area contributed by atoms with Crippen LogP contribution < -0.4 is 10.6 Å². The van der Waals surface area contributed by atoms with Crippen LogP contribution in [0.5, 0.6) is 0 Å². The van der Waals surface area contributed by atoms with Gasteiger partial charge >= 0.3 is 0 Å². The van der Waals surface area contributed by atoms with E-state index in [2.05, 4.69) is 48.6 Å². The molecule has 0 aromatic carbocycles. The molecule has 18 heavy (non-hydrogen) atoms. The topological polar surface area (TPSA) is 55.0 Å². The number of nitrogens with two attached hydrogens (primary N) is 1. The van der Waals surface area contributed by atoms with E-state index in [1.165, 1.54) is 0 Å². The van der Waals surface area contributed by atoms with Crippen LogP contribution in [-0.2, 0) is 0 Å². The lowest BCUT2D eigenvalue weighted by Gasteiger charge is -2.43. The Hall–Kier alpha value is -1.16. The number of piperidine rings is 1. The van der Waals surface area contributed by atoms with Crippen molar-refractivity contribution in [2.75, 3.05) is 18.0 Å². The van der Waals surface area contributed by atoms with Gasteiger partial charge in [0.25, 0.3) is 0 Å². The molecule has 1 aromatic rings. The smallest absolute Gasteiger partial charge is 0.132 e. The SMILES string of the molecule is CC(C)c1cc(N2CCC(N)C(C)(C)C2)ncn1. The maximum absolute atomic E-state index is 6.17. The van der Waals surface area contributed by atoms with E-state index in [1.807, 2.05) is 0 Å². The molecule has 1 aromatic heterocycles. The van der Waals surface area contributed by atoms with Crippen molar-refractivity contribution in [3.63, 3.8) is 0 Å². The molecular formula is C14H24N4. The van der Waals surface area contributed by atoms with Gasteiger partial charge in [-0.1, -0.05) is 27.7 Å². The van der Waals surface area contributed by atoms with E-state index < -0.39 is 0 Å². The van der Waals surface area contributed by atoms with Crippen molar-refractivity contribution in [1.29, 1.82) is 0 Å². The molecular weight excluding hydrogens is 224 g/mol. The second-order valence-electron chi connectivity index (χ2n) is 6.26. The van der Waals surface area contributed by atoms with E-state index in [4.69, 9.17) is 5.73 Å². The summed E-state index contributed by atoms with van der Waals surface area (Å²) in [6.45, 7) is 10.7. The van der Waals surface area contributed by atoms with Gasteiger partial charge in [0.2, 0.25) is 0 Å². The normalized spacial score (nSPS) is 23.4. The van der Waals surface area contributed by atoms with Gasteiger partial charge in [-0.05, 0) is 17.8 Å². The van der Waals surface area contributed by atoms with Gasteiger partial charge in [-0.15, -0.1) is 0 Å². The van der Waals surface area contributed by atoms with E-state index in [1.54, 1.807) is 6.33 Å². The fourth-order valence-corrected chi connectivity index (χ4v) is 2.42. The minimum Gasteiger partial charge on any atom is -0.356 e. The maximum Gasteiger partial charge on any atom is 0.132 e. The molecule has 1 fully saturated rings. The van der Waals surface area contributed by atoms with E-state index >= 15 is 0 Å². The van der Waals surface area contributed by atoms with Gasteiger partial charge in [-0.2, -0.15) is 0 Å². The van der Waals surface area contributed by atoms with Crippen molar-refractivity contribution >= 4 is 5.82 Å². The molecule has 1 aliphatic heterocycles. The average Bonchev–Trinajstić information content (AvgIpc) is 2.33. The molecule has 1 saturated heterocycles. The Bertz CT molecular complexity index is 414. The van der Waals surface area contributed by atoms with Crippen LogP contribution in [0.2, 0.25) is 0 Å². The summed E-state index contributed by atoms with van der Waals surface area (Å²) in [7, 11) is 0. The Labute approximate surface area is 110 Å². The standard InChI is InChI=1S/C14H24N4/c1-10(2)11-7-13(17-9-16-11)18-6-5-12(15)14(3,4)8-18/h7,9-10,12H,5-6,8,15H2,1-4H3. The first-order chi connectivity index (χ1) is 8.40. The lowest BCUT2D eigenvalue weighted by Crippen LogP contribution is -2.52. The van der Waals surface area contributed by atoms with Gasteiger partial charge in [0.15, 0.2) is 0 Å². The van der Waals surface area contributed by atoms with E-state index in [0.717, 1.165) is 31.0 Å². The maximum atomic E-state index is 6.17. The fraction of sp³-hybridized carbons (Fsp3) is 0.714. The Kier molecular flexibility index (Phi) is 3.57. The van der Waals surface area contributed by atoms with Crippen molar-refractivity contribution in [2.24, 2.45) is 11.1 Å². The molecule has 0 radical (unpaired) electrons. The largest absolute Gasteiger partial charge is 0.356 e. The number of hydrogen-bond donors (Lipinski definition) is 1. The number of rotatable bonds is 2. The summed E-state index contributed by atoms with van der Waals surface area (Å²) in [5, 5.41) is 0. The third-order valence-electron chi connectivity index (χ3n) is 3.90. The summed E-state index contributed by atoms with van der Waals surface area (Å²) in [4.78, 5) is 11.1. The highest BCUT2D eigenvalue weighted by molar-refractivity contribution is 5.40. The number of aromatic nitrogens is 2. The van der Waals surface area contributed by atoms with Gasteiger partial charge in [0.05, 0.1) is 0 Å². The van der Waals surface area contributed by atoms with Crippen molar-refractivity contribution in [1.82, 2.24) is 9.97 Å². The Balaban J connectivity index is 2.19. The van der Waals surface area contributed by atoms with Crippen LogP contribution in [0.25, 0.3) is 0 Å². The zero-order valence-electron chi connectivity index (χ0n) is 11.8. The van der Waals surface area contributed by atoms with Crippen molar-refractivity contribution in [2.45, 2.75) is 46.1 Å². The molecule has 4 nitrogen and oxygen atoms in total. The summed E-state index contributed by atoms with van der Waals surface area (Å²) >= 11 is 0. The third kappa shape index (κ3) is 2.64. The quantitative estimate of drug-likeness (QED) is 0.871. The molecule has 0 bridgehead atoms. The molecule has 2 rings (SSSR count). The van der Waals surface area contributed by atoms with Gasteiger partial charge in [-0.25, -0.2) is 9.97 Å². The van der Waals surface area contributed by atoms with Crippen LogP contribution in [0, 0.1) is 5.41 Å². The van der Waals surface area contributed by atoms with Gasteiger partial charge in [0.1, 0.15) is 12.1 Å². The summed E-state index contributed by atoms with van der Waals surface area (Å²) in [5.74, 6) is 1.47. The lowest BCUT2D eigenvalue weighted by molar-refractivity contribution is 0.244. The minimum atomic E-state index is 0.140. The molecule has 4 heteroatoms. The predicted molar refractivity (Wildman–Crippen MR) is 74.7 cm³/mol. The van der Waals surface area contributed by atoms with Crippen LogP contribution in [0.15, 0.2) is 12.4 Å². The highest BCUT2D eigenvalue weighted by Gasteiger charge is 2.33. The molecule has 0 aliphatic carbocycles. The van der Waals surface area contributed by atoms with Crippen LogP contribution in [0.3, 0.4) is 0 Å². The Morgan fingerprint density at radius 2 is 2.11 bits per heavy atom. The summed E-state index contributed by atoms with van der Waals surface area (Å²) in [6.07, 6.45) is 2.69. The molecule has 1 atom stereocenters. The second-order valence-corrected chi connectivity index (χ2v) is 6.26. The van der Waals surface area contributed by atoms with Crippen molar-refractivity contribution in [3.8, 4) is 0 Å². The van der Waals surface area contributed by atoms with E-state index in [-0.39, 0.29) is 11.5 Å². The van der Waals surface area contributed by atoms with Gasteiger partial charge in [0, 0.05) is 30.9 Å². The highest BCUT2D eigenvalue weighted by atomic mass is 15.2. The van der Waals surface area contributed by atoms with Gasteiger partial charge < -0.3 is 10.6 Å². The summed E-state index contributed by atoms with van der Waals surface area (Å²) in [6, 6.07) is 2.39. The molecule has 100 valence electrons. The van der Waals surface area contributed by atoms with Crippen LogP contribution in [0.4, 0.5) is 5.82 Å². The number of anilines is 1. The number of nitrogens with zero attached hydrogens (tertiary/aromatic N) is 3. The molecule has 2 heterocycles. The first kappa shape index (κ1) is 13.3. The van der Waals surface area contributed by atoms with Crippen molar-refractivity contribution < 1.29 is 0 Å². The zero-order valence-corrected chi connectivity index (χ0v) is 11.8. The molecule has 1 unspecified atom stereocenters. The Morgan fingerprint density at radius 1 is 1.39 bits per heavy atom. The van der Waals surface area contributed by atoms with Crippen molar-refractivity contribution in [3.05, 3.63) is 18.1 Å². The summed E-state index contributed by atoms with van der Waals surface area (Å²) in [5.41, 5.74) is 7.42. The second kappa shape index (κ2) is 4.84. The number of hydrogen-bond acceptors (Lipinski definition) is 4. The van der Waals surface area contributed by atoms with Crippen LogP contribution >= 0.6 is 0 Å². The predicted octanol–water partition coefficient (Wildman–Crippen LogP) is 2.16. The van der Waals surface area contributed by atoms with Gasteiger partial charge in [-0.3, -0.25) is 0 Å². The highest BCUT2D eigenvalue weighted by Crippen LogP contribution is 2.30. The van der Waals surface area contributed by atoms with E-state index in [0.29, 0.717) is 5.92 Å². The first-order valence-electron chi connectivity index (χ1n) is 6.72. The molecule has 0 saturated carbocycles. The molecule has 0 spiro atoms. The average molecular weight is 248 g/mol. The Morgan fingerprint density at radius 3 is 2.72 bits per heavy atom. The zero-order chi connectivity index (χ0) is 13.3.